The lowest BCUT2D eigenvalue weighted by molar-refractivity contribution is -0.138. The number of amides is 2. The van der Waals surface area contributed by atoms with Crippen LogP contribution in [0, 0.1) is 5.41 Å². The molecule has 27 heavy (non-hydrogen) atoms. The van der Waals surface area contributed by atoms with Crippen LogP contribution in [0.5, 0.6) is 11.5 Å². The highest BCUT2D eigenvalue weighted by Gasteiger charge is 2.36. The molecule has 144 valence electrons. The Morgan fingerprint density at radius 2 is 1.67 bits per heavy atom. The van der Waals surface area contributed by atoms with E-state index in [0.29, 0.717) is 24.6 Å². The predicted molar refractivity (Wildman–Crippen MR) is 105 cm³/mol. The molecular formula is C21H26N2O4. The average molecular weight is 370 g/mol. The minimum atomic E-state index is -1.24. The van der Waals surface area contributed by atoms with Crippen molar-refractivity contribution in [3.8, 4) is 11.5 Å². The van der Waals surface area contributed by atoms with Gasteiger partial charge in [-0.25, -0.2) is 0 Å². The quantitative estimate of drug-likeness (QED) is 0.699. The van der Waals surface area contributed by atoms with Crippen LogP contribution in [0.2, 0.25) is 0 Å². The zero-order chi connectivity index (χ0) is 19.9. The molecule has 0 unspecified atom stereocenters. The number of hydrogen-bond acceptors (Lipinski definition) is 4. The third-order valence-corrected chi connectivity index (χ3v) is 4.18. The standard InChI is InChI=1S/C21H26N2O4/c1-5-27-18-9-7-6-8-17(18)23-20(25)21(2,3)19(24)22-14-15-10-12-16(26-4)13-11-15/h6-13H,5,14H2,1-4H3,(H,22,24)(H,23,25). The van der Waals surface area contributed by atoms with E-state index in [2.05, 4.69) is 10.6 Å². The minimum Gasteiger partial charge on any atom is -0.497 e. The second-order valence-corrected chi connectivity index (χ2v) is 6.54. The molecule has 0 aliphatic heterocycles. The molecule has 6 nitrogen and oxygen atoms in total. The van der Waals surface area contributed by atoms with E-state index >= 15 is 0 Å². The molecule has 0 atom stereocenters. The Bertz CT molecular complexity index is 785. The van der Waals surface area contributed by atoms with Gasteiger partial charge in [-0.05, 0) is 50.6 Å². The molecule has 0 bridgehead atoms. The fraction of sp³-hybridized carbons (Fsp3) is 0.333. The molecule has 2 amide bonds. The number of benzene rings is 2. The van der Waals surface area contributed by atoms with E-state index in [-0.39, 0.29) is 5.91 Å². The zero-order valence-electron chi connectivity index (χ0n) is 16.2. The van der Waals surface area contributed by atoms with Crippen molar-refractivity contribution in [2.75, 3.05) is 19.0 Å². The molecule has 0 saturated carbocycles. The van der Waals surface area contributed by atoms with Crippen LogP contribution in [0.1, 0.15) is 26.3 Å². The molecular weight excluding hydrogens is 344 g/mol. The SMILES string of the molecule is CCOc1ccccc1NC(=O)C(C)(C)C(=O)NCc1ccc(OC)cc1. The fourth-order valence-corrected chi connectivity index (χ4v) is 2.38. The first-order chi connectivity index (χ1) is 12.9. The van der Waals surface area contributed by atoms with Crippen LogP contribution in [0.3, 0.4) is 0 Å². The van der Waals surface area contributed by atoms with Crippen molar-refractivity contribution >= 4 is 17.5 Å². The van der Waals surface area contributed by atoms with E-state index in [4.69, 9.17) is 9.47 Å². The van der Waals surface area contributed by atoms with Crippen LogP contribution >= 0.6 is 0 Å². The molecule has 2 N–H and O–H groups in total. The summed E-state index contributed by atoms with van der Waals surface area (Å²) in [6.45, 7) is 5.87. The Morgan fingerprint density at radius 3 is 2.30 bits per heavy atom. The summed E-state index contributed by atoms with van der Waals surface area (Å²) in [6.07, 6.45) is 0. The third-order valence-electron chi connectivity index (χ3n) is 4.18. The second-order valence-electron chi connectivity index (χ2n) is 6.54. The highest BCUT2D eigenvalue weighted by Crippen LogP contribution is 2.26. The van der Waals surface area contributed by atoms with Gasteiger partial charge in [0.1, 0.15) is 16.9 Å². The smallest absolute Gasteiger partial charge is 0.239 e. The molecule has 0 heterocycles. The number of anilines is 1. The van der Waals surface area contributed by atoms with Crippen LogP contribution in [-0.4, -0.2) is 25.5 Å². The Kier molecular flexibility index (Phi) is 6.82. The van der Waals surface area contributed by atoms with E-state index in [1.54, 1.807) is 39.2 Å². The number of nitrogens with one attached hydrogen (secondary N) is 2. The van der Waals surface area contributed by atoms with Crippen molar-refractivity contribution < 1.29 is 19.1 Å². The number of carbonyl (C=O) groups excluding carboxylic acids is 2. The number of para-hydroxylation sites is 2. The predicted octanol–water partition coefficient (Wildman–Crippen LogP) is 3.38. The van der Waals surface area contributed by atoms with Crippen molar-refractivity contribution in [3.05, 3.63) is 54.1 Å². The molecule has 0 aliphatic rings. The maximum atomic E-state index is 12.7. The van der Waals surface area contributed by atoms with Crippen molar-refractivity contribution in [3.63, 3.8) is 0 Å². The summed E-state index contributed by atoms with van der Waals surface area (Å²) < 4.78 is 10.6. The highest BCUT2D eigenvalue weighted by atomic mass is 16.5. The molecule has 0 radical (unpaired) electrons. The van der Waals surface area contributed by atoms with Gasteiger partial charge in [-0.15, -0.1) is 0 Å². The zero-order valence-corrected chi connectivity index (χ0v) is 16.2. The monoisotopic (exact) mass is 370 g/mol. The van der Waals surface area contributed by atoms with Gasteiger partial charge in [0.2, 0.25) is 11.8 Å². The molecule has 2 aromatic carbocycles. The first-order valence-electron chi connectivity index (χ1n) is 8.83. The molecule has 2 aromatic rings. The molecule has 0 fully saturated rings. The number of methoxy groups -OCH3 is 1. The van der Waals surface area contributed by atoms with Gasteiger partial charge >= 0.3 is 0 Å². The first kappa shape index (κ1) is 20.3. The van der Waals surface area contributed by atoms with Crippen molar-refractivity contribution in [1.29, 1.82) is 0 Å². The Balaban J connectivity index is 2.00. The summed E-state index contributed by atoms with van der Waals surface area (Å²) in [5.74, 6) is 0.562. The van der Waals surface area contributed by atoms with Gasteiger partial charge in [0.15, 0.2) is 0 Å². The summed E-state index contributed by atoms with van der Waals surface area (Å²) in [5, 5.41) is 5.60. The number of ether oxygens (including phenoxy) is 2. The molecule has 2 rings (SSSR count). The number of hydrogen-bond donors (Lipinski definition) is 2. The van der Waals surface area contributed by atoms with Crippen LogP contribution < -0.4 is 20.1 Å². The fourth-order valence-electron chi connectivity index (χ4n) is 2.38. The highest BCUT2D eigenvalue weighted by molar-refractivity contribution is 6.10. The van der Waals surface area contributed by atoms with Crippen LogP contribution in [-0.2, 0) is 16.1 Å². The Morgan fingerprint density at radius 1 is 1.00 bits per heavy atom. The van der Waals surface area contributed by atoms with Gasteiger partial charge in [-0.2, -0.15) is 0 Å². The van der Waals surface area contributed by atoms with Gasteiger partial charge < -0.3 is 20.1 Å². The topological polar surface area (TPSA) is 76.7 Å². The molecule has 0 aromatic heterocycles. The van der Waals surface area contributed by atoms with E-state index in [0.717, 1.165) is 11.3 Å². The van der Waals surface area contributed by atoms with Crippen LogP contribution in [0.15, 0.2) is 48.5 Å². The number of rotatable bonds is 8. The minimum absolute atomic E-state index is 0.328. The maximum Gasteiger partial charge on any atom is 0.239 e. The van der Waals surface area contributed by atoms with E-state index in [1.165, 1.54) is 0 Å². The Hall–Kier alpha value is -3.02. The lowest BCUT2D eigenvalue weighted by Gasteiger charge is -2.23. The third kappa shape index (κ3) is 5.23. The van der Waals surface area contributed by atoms with Gasteiger partial charge in [0.25, 0.3) is 0 Å². The van der Waals surface area contributed by atoms with E-state index in [1.807, 2.05) is 37.3 Å². The number of carbonyl (C=O) groups is 2. The van der Waals surface area contributed by atoms with Crippen molar-refractivity contribution in [2.24, 2.45) is 5.41 Å². The summed E-state index contributed by atoms with van der Waals surface area (Å²) in [4.78, 5) is 25.3. The normalized spacial score (nSPS) is 10.8. The first-order valence-corrected chi connectivity index (χ1v) is 8.83. The summed E-state index contributed by atoms with van der Waals surface area (Å²) in [7, 11) is 1.60. The van der Waals surface area contributed by atoms with Gasteiger partial charge in [-0.3, -0.25) is 9.59 Å². The van der Waals surface area contributed by atoms with Gasteiger partial charge in [0, 0.05) is 6.54 Å². The maximum absolute atomic E-state index is 12.7. The van der Waals surface area contributed by atoms with Crippen molar-refractivity contribution in [1.82, 2.24) is 5.32 Å². The van der Waals surface area contributed by atoms with Gasteiger partial charge in [0.05, 0.1) is 19.4 Å². The average Bonchev–Trinajstić information content (AvgIpc) is 2.68. The lowest BCUT2D eigenvalue weighted by Crippen LogP contribution is -2.44. The van der Waals surface area contributed by atoms with E-state index in [9.17, 15) is 9.59 Å². The summed E-state index contributed by atoms with van der Waals surface area (Å²) in [6, 6.07) is 14.5. The summed E-state index contributed by atoms with van der Waals surface area (Å²) >= 11 is 0. The second kappa shape index (κ2) is 9.07. The molecule has 0 spiro atoms. The van der Waals surface area contributed by atoms with Crippen LogP contribution in [0.25, 0.3) is 0 Å². The van der Waals surface area contributed by atoms with Crippen molar-refractivity contribution in [2.45, 2.75) is 27.3 Å². The van der Waals surface area contributed by atoms with Gasteiger partial charge in [-0.1, -0.05) is 24.3 Å². The molecule has 0 aliphatic carbocycles. The van der Waals surface area contributed by atoms with E-state index < -0.39 is 11.3 Å². The lowest BCUT2D eigenvalue weighted by atomic mass is 9.90. The largest absolute Gasteiger partial charge is 0.497 e. The summed E-state index contributed by atoms with van der Waals surface area (Å²) in [5.41, 5.74) is 0.216. The molecule has 0 saturated heterocycles. The Labute approximate surface area is 159 Å². The van der Waals surface area contributed by atoms with Crippen LogP contribution in [0.4, 0.5) is 5.69 Å². The molecule has 6 heteroatoms.